The van der Waals surface area contributed by atoms with Crippen molar-refractivity contribution in [2.75, 3.05) is 6.61 Å². The molecule has 3 aromatic rings. The van der Waals surface area contributed by atoms with E-state index in [9.17, 15) is 0 Å². The number of aryl methyl sites for hydroxylation is 1. The molecule has 0 saturated heterocycles. The van der Waals surface area contributed by atoms with Crippen LogP contribution in [0.2, 0.25) is 0 Å². The van der Waals surface area contributed by atoms with Gasteiger partial charge in [0.2, 0.25) is 0 Å². The molecular formula is C21H22N2O. The molecule has 0 atom stereocenters. The molecule has 122 valence electrons. The quantitative estimate of drug-likeness (QED) is 0.366. The van der Waals surface area contributed by atoms with E-state index < -0.39 is 0 Å². The van der Waals surface area contributed by atoms with Crippen molar-refractivity contribution >= 4 is 22.1 Å². The highest BCUT2D eigenvalue weighted by molar-refractivity contribution is 5.96. The van der Waals surface area contributed by atoms with Crippen LogP contribution in [0.3, 0.4) is 0 Å². The maximum Gasteiger partial charge on any atom is 0.127 e. The lowest BCUT2D eigenvalue weighted by atomic mass is 10.1. The van der Waals surface area contributed by atoms with E-state index in [0.29, 0.717) is 0 Å². The molecule has 0 saturated carbocycles. The standard InChI is InChI=1S/C21H22N2O/c1-3-4-15-24-21-14-13-20(18-7-5-6-8-19(18)21)23-22-17-11-9-16(2)10-12-17/h5-14H,3-4,15H2,1-2H3. The van der Waals surface area contributed by atoms with Gasteiger partial charge in [0.15, 0.2) is 0 Å². The summed E-state index contributed by atoms with van der Waals surface area (Å²) >= 11 is 0. The summed E-state index contributed by atoms with van der Waals surface area (Å²) in [5.41, 5.74) is 2.93. The number of ether oxygens (including phenoxy) is 1. The molecule has 0 aliphatic heterocycles. The summed E-state index contributed by atoms with van der Waals surface area (Å²) in [5, 5.41) is 10.9. The Morgan fingerprint density at radius 2 is 1.58 bits per heavy atom. The number of unbranched alkanes of at least 4 members (excludes halogenated alkanes) is 1. The van der Waals surface area contributed by atoms with E-state index in [1.165, 1.54) is 5.56 Å². The van der Waals surface area contributed by atoms with Gasteiger partial charge in [-0.25, -0.2) is 0 Å². The molecular weight excluding hydrogens is 296 g/mol. The summed E-state index contributed by atoms with van der Waals surface area (Å²) in [7, 11) is 0. The third-order valence-corrected chi connectivity index (χ3v) is 3.92. The van der Waals surface area contributed by atoms with E-state index in [1.54, 1.807) is 0 Å². The van der Waals surface area contributed by atoms with Gasteiger partial charge in [-0.1, -0.05) is 55.3 Å². The molecule has 0 bridgehead atoms. The molecule has 0 aliphatic carbocycles. The van der Waals surface area contributed by atoms with E-state index in [0.717, 1.165) is 47.3 Å². The lowest BCUT2D eigenvalue weighted by Crippen LogP contribution is -1.96. The van der Waals surface area contributed by atoms with Crippen molar-refractivity contribution < 1.29 is 4.74 Å². The molecule has 3 heteroatoms. The predicted octanol–water partition coefficient (Wildman–Crippen LogP) is 6.74. The van der Waals surface area contributed by atoms with E-state index in [-0.39, 0.29) is 0 Å². The van der Waals surface area contributed by atoms with Crippen LogP contribution in [0.5, 0.6) is 5.75 Å². The van der Waals surface area contributed by atoms with Gasteiger partial charge in [0.1, 0.15) is 5.75 Å². The molecule has 0 aliphatic rings. The van der Waals surface area contributed by atoms with Crippen molar-refractivity contribution in [2.45, 2.75) is 26.7 Å². The molecule has 0 radical (unpaired) electrons. The number of hydrogen-bond donors (Lipinski definition) is 0. The molecule has 0 amide bonds. The fraction of sp³-hybridized carbons (Fsp3) is 0.238. The van der Waals surface area contributed by atoms with Gasteiger partial charge in [0.25, 0.3) is 0 Å². The minimum Gasteiger partial charge on any atom is -0.493 e. The van der Waals surface area contributed by atoms with Crippen molar-refractivity contribution in [1.29, 1.82) is 0 Å². The summed E-state index contributed by atoms with van der Waals surface area (Å²) in [6.07, 6.45) is 2.18. The molecule has 3 rings (SSSR count). The zero-order valence-electron chi connectivity index (χ0n) is 14.2. The van der Waals surface area contributed by atoms with Gasteiger partial charge in [-0.3, -0.25) is 0 Å². The lowest BCUT2D eigenvalue weighted by Gasteiger charge is -2.10. The zero-order valence-corrected chi connectivity index (χ0v) is 14.2. The average molecular weight is 318 g/mol. The van der Waals surface area contributed by atoms with Crippen LogP contribution >= 0.6 is 0 Å². The van der Waals surface area contributed by atoms with E-state index in [1.807, 2.05) is 48.5 Å². The number of azo groups is 1. The lowest BCUT2D eigenvalue weighted by molar-refractivity contribution is 0.313. The summed E-state index contributed by atoms with van der Waals surface area (Å²) in [6.45, 7) is 4.96. The van der Waals surface area contributed by atoms with Gasteiger partial charge >= 0.3 is 0 Å². The molecule has 0 aromatic heterocycles. The van der Waals surface area contributed by atoms with Gasteiger partial charge in [-0.15, -0.1) is 5.11 Å². The maximum absolute atomic E-state index is 5.92. The van der Waals surface area contributed by atoms with Crippen molar-refractivity contribution in [3.63, 3.8) is 0 Å². The Labute approximate surface area is 143 Å². The first-order valence-corrected chi connectivity index (χ1v) is 8.41. The summed E-state index contributed by atoms with van der Waals surface area (Å²) in [5.74, 6) is 0.910. The molecule has 0 heterocycles. The van der Waals surface area contributed by atoms with Crippen molar-refractivity contribution in [2.24, 2.45) is 10.2 Å². The highest BCUT2D eigenvalue weighted by atomic mass is 16.5. The maximum atomic E-state index is 5.92. The Morgan fingerprint density at radius 3 is 2.33 bits per heavy atom. The topological polar surface area (TPSA) is 34.0 Å². The van der Waals surface area contributed by atoms with Crippen molar-refractivity contribution in [3.05, 3.63) is 66.2 Å². The predicted molar refractivity (Wildman–Crippen MR) is 99.7 cm³/mol. The number of fused-ring (bicyclic) bond motifs is 1. The van der Waals surface area contributed by atoms with Gasteiger partial charge in [-0.2, -0.15) is 5.11 Å². The van der Waals surface area contributed by atoms with E-state index in [2.05, 4.69) is 36.2 Å². The Bertz CT molecular complexity index is 838. The van der Waals surface area contributed by atoms with Gasteiger partial charge < -0.3 is 4.74 Å². The molecule has 3 nitrogen and oxygen atoms in total. The number of nitrogens with zero attached hydrogens (tertiary/aromatic N) is 2. The summed E-state index contributed by atoms with van der Waals surface area (Å²) in [4.78, 5) is 0. The molecule has 0 N–H and O–H groups in total. The Hall–Kier alpha value is -2.68. The Morgan fingerprint density at radius 1 is 0.833 bits per heavy atom. The second kappa shape index (κ2) is 7.73. The SMILES string of the molecule is CCCCOc1ccc(N=Nc2ccc(C)cc2)c2ccccc12. The largest absolute Gasteiger partial charge is 0.493 e. The first kappa shape index (κ1) is 16.2. The molecule has 0 fully saturated rings. The van der Waals surface area contributed by atoms with Crippen LogP contribution in [0.1, 0.15) is 25.3 Å². The van der Waals surface area contributed by atoms with Crippen molar-refractivity contribution in [3.8, 4) is 5.75 Å². The van der Waals surface area contributed by atoms with Crippen LogP contribution in [0, 0.1) is 6.92 Å². The molecule has 3 aromatic carbocycles. The normalized spacial score (nSPS) is 11.2. The highest BCUT2D eigenvalue weighted by Crippen LogP contribution is 2.34. The molecule has 0 spiro atoms. The van der Waals surface area contributed by atoms with Crippen LogP contribution < -0.4 is 4.74 Å². The monoisotopic (exact) mass is 318 g/mol. The summed E-state index contributed by atoms with van der Waals surface area (Å²) in [6, 6.07) is 20.2. The number of hydrogen-bond acceptors (Lipinski definition) is 3. The zero-order chi connectivity index (χ0) is 16.8. The first-order valence-electron chi connectivity index (χ1n) is 8.41. The van der Waals surface area contributed by atoms with E-state index in [4.69, 9.17) is 4.74 Å². The van der Waals surface area contributed by atoms with Crippen LogP contribution in [-0.2, 0) is 0 Å². The molecule has 24 heavy (non-hydrogen) atoms. The fourth-order valence-corrected chi connectivity index (χ4v) is 2.52. The Balaban J connectivity index is 1.91. The van der Waals surface area contributed by atoms with Crippen molar-refractivity contribution in [1.82, 2.24) is 0 Å². The smallest absolute Gasteiger partial charge is 0.127 e. The fourth-order valence-electron chi connectivity index (χ4n) is 2.52. The first-order chi connectivity index (χ1) is 11.8. The minimum absolute atomic E-state index is 0.741. The third kappa shape index (κ3) is 3.80. The van der Waals surface area contributed by atoms with Crippen LogP contribution in [0.15, 0.2) is 70.9 Å². The Kier molecular flexibility index (Phi) is 5.22. The van der Waals surface area contributed by atoms with E-state index >= 15 is 0 Å². The van der Waals surface area contributed by atoms with Gasteiger partial charge in [-0.05, 0) is 37.6 Å². The van der Waals surface area contributed by atoms with Gasteiger partial charge in [0, 0.05) is 10.8 Å². The molecule has 0 unspecified atom stereocenters. The number of benzene rings is 3. The second-order valence-electron chi connectivity index (χ2n) is 5.87. The van der Waals surface area contributed by atoms with Crippen LogP contribution in [-0.4, -0.2) is 6.61 Å². The second-order valence-corrected chi connectivity index (χ2v) is 5.87. The minimum atomic E-state index is 0.741. The van der Waals surface area contributed by atoms with Crippen LogP contribution in [0.4, 0.5) is 11.4 Å². The van der Waals surface area contributed by atoms with Gasteiger partial charge in [0.05, 0.1) is 18.0 Å². The number of rotatable bonds is 6. The average Bonchev–Trinajstić information content (AvgIpc) is 2.62. The third-order valence-electron chi connectivity index (χ3n) is 3.92. The van der Waals surface area contributed by atoms with Crippen LogP contribution in [0.25, 0.3) is 10.8 Å². The highest BCUT2D eigenvalue weighted by Gasteiger charge is 2.06. The summed E-state index contributed by atoms with van der Waals surface area (Å²) < 4.78 is 5.92.